The van der Waals surface area contributed by atoms with Gasteiger partial charge in [-0.2, -0.15) is 0 Å². The average Bonchev–Trinajstić information content (AvgIpc) is 3.04. The molecule has 0 radical (unpaired) electrons. The first kappa shape index (κ1) is 13.0. The summed E-state index contributed by atoms with van der Waals surface area (Å²) in [5, 5.41) is 3.43. The molecule has 1 atom stereocenters. The summed E-state index contributed by atoms with van der Waals surface area (Å²) in [4.78, 5) is 14.6. The number of hydrogen-bond donors (Lipinski definition) is 1. The minimum absolute atomic E-state index is 0.00118. The third-order valence-corrected chi connectivity index (χ3v) is 4.70. The summed E-state index contributed by atoms with van der Waals surface area (Å²) in [7, 11) is 0. The van der Waals surface area contributed by atoms with Crippen molar-refractivity contribution in [2.45, 2.75) is 12.2 Å². The van der Waals surface area contributed by atoms with Gasteiger partial charge in [-0.25, -0.2) is 4.39 Å². The molecule has 0 bridgehead atoms. The van der Waals surface area contributed by atoms with Crippen molar-refractivity contribution in [2.75, 3.05) is 13.1 Å². The van der Waals surface area contributed by atoms with Gasteiger partial charge in [0.25, 0.3) is 5.91 Å². The van der Waals surface area contributed by atoms with E-state index in [9.17, 15) is 9.18 Å². The number of rotatable bonds is 1. The third kappa shape index (κ3) is 1.79. The zero-order valence-corrected chi connectivity index (χ0v) is 12.7. The van der Waals surface area contributed by atoms with Crippen LogP contribution in [0, 0.1) is 5.82 Å². The van der Waals surface area contributed by atoms with Gasteiger partial charge in [-0.3, -0.25) is 10.1 Å². The van der Waals surface area contributed by atoms with Gasteiger partial charge >= 0.3 is 0 Å². The van der Waals surface area contributed by atoms with Crippen LogP contribution in [0.4, 0.5) is 4.39 Å². The maximum Gasteiger partial charge on any atom is 0.272 e. The van der Waals surface area contributed by atoms with Gasteiger partial charge in [0.1, 0.15) is 17.2 Å². The summed E-state index contributed by atoms with van der Waals surface area (Å²) in [5.41, 5.74) is 1.00. The molecule has 21 heavy (non-hydrogen) atoms. The quantitative estimate of drug-likeness (QED) is 0.857. The van der Waals surface area contributed by atoms with Gasteiger partial charge in [-0.15, -0.1) is 0 Å². The molecule has 1 aromatic heterocycles. The van der Waals surface area contributed by atoms with Crippen molar-refractivity contribution in [1.29, 1.82) is 0 Å². The van der Waals surface area contributed by atoms with Crippen LogP contribution < -0.4 is 5.32 Å². The maximum absolute atomic E-state index is 13.2. The highest BCUT2D eigenvalue weighted by Gasteiger charge is 2.49. The average molecular weight is 350 g/mol. The predicted octanol–water partition coefficient (Wildman–Crippen LogP) is 2.30. The van der Waals surface area contributed by atoms with Gasteiger partial charge in [0.15, 0.2) is 0 Å². The molecule has 108 valence electrons. The number of nitrogens with zero attached hydrogens (tertiary/aromatic N) is 2. The summed E-state index contributed by atoms with van der Waals surface area (Å²) in [6, 6.07) is 8.21. The van der Waals surface area contributed by atoms with Crippen LogP contribution in [0.3, 0.4) is 0 Å². The molecule has 1 amide bonds. The SMILES string of the molecule is O=C1c2cc(Br)cn2CC2(c3ccc(F)cc3)NCCN12. The van der Waals surface area contributed by atoms with E-state index in [1.165, 1.54) is 12.1 Å². The highest BCUT2D eigenvalue weighted by molar-refractivity contribution is 9.10. The van der Waals surface area contributed by atoms with Crippen molar-refractivity contribution in [3.8, 4) is 0 Å². The fraction of sp³-hybridized carbons (Fsp3) is 0.267. The van der Waals surface area contributed by atoms with Crippen LogP contribution in [0.2, 0.25) is 0 Å². The molecule has 3 heterocycles. The van der Waals surface area contributed by atoms with Crippen LogP contribution in [0.1, 0.15) is 16.1 Å². The molecule has 2 aromatic rings. The van der Waals surface area contributed by atoms with E-state index in [1.807, 2.05) is 21.7 Å². The monoisotopic (exact) mass is 349 g/mol. The number of aromatic nitrogens is 1. The number of carbonyl (C=O) groups excluding carboxylic acids is 1. The second kappa shape index (κ2) is 4.42. The van der Waals surface area contributed by atoms with Crippen molar-refractivity contribution in [2.24, 2.45) is 0 Å². The van der Waals surface area contributed by atoms with Crippen LogP contribution >= 0.6 is 15.9 Å². The van der Waals surface area contributed by atoms with E-state index in [0.29, 0.717) is 18.8 Å². The lowest BCUT2D eigenvalue weighted by Crippen LogP contribution is -2.57. The van der Waals surface area contributed by atoms with Gasteiger partial charge in [0.2, 0.25) is 0 Å². The molecule has 1 N–H and O–H groups in total. The molecule has 2 aliphatic rings. The number of halogens is 2. The Morgan fingerprint density at radius 3 is 2.81 bits per heavy atom. The van der Waals surface area contributed by atoms with E-state index in [1.54, 1.807) is 12.1 Å². The lowest BCUT2D eigenvalue weighted by Gasteiger charge is -2.42. The zero-order chi connectivity index (χ0) is 14.6. The first-order valence-electron chi connectivity index (χ1n) is 6.79. The number of benzene rings is 1. The Morgan fingerprint density at radius 2 is 2.05 bits per heavy atom. The molecule has 1 unspecified atom stereocenters. The first-order chi connectivity index (χ1) is 10.1. The fourth-order valence-corrected chi connectivity index (χ4v) is 3.79. The topological polar surface area (TPSA) is 37.3 Å². The van der Waals surface area contributed by atoms with Crippen molar-refractivity contribution in [3.63, 3.8) is 0 Å². The second-order valence-electron chi connectivity index (χ2n) is 5.42. The lowest BCUT2D eigenvalue weighted by atomic mass is 9.96. The standard InChI is InChI=1S/C15H13BrFN3O/c16-11-7-13-14(21)20-6-5-18-15(20,9-19(13)8-11)10-1-3-12(17)4-2-10/h1-4,7-8,18H,5-6,9H2. The molecule has 1 fully saturated rings. The Kier molecular flexibility index (Phi) is 2.74. The van der Waals surface area contributed by atoms with E-state index < -0.39 is 5.66 Å². The van der Waals surface area contributed by atoms with Crippen LogP contribution in [0.15, 0.2) is 41.0 Å². The Labute approximate surface area is 129 Å². The van der Waals surface area contributed by atoms with Crippen LogP contribution in [0.5, 0.6) is 0 Å². The summed E-state index contributed by atoms with van der Waals surface area (Å²) in [6.45, 7) is 2.00. The molecule has 6 heteroatoms. The Hall–Kier alpha value is -1.66. The minimum Gasteiger partial charge on any atom is -0.338 e. The van der Waals surface area contributed by atoms with Crippen LogP contribution in [-0.2, 0) is 12.2 Å². The van der Waals surface area contributed by atoms with Gasteiger partial charge in [0, 0.05) is 23.8 Å². The molecule has 1 saturated heterocycles. The predicted molar refractivity (Wildman–Crippen MR) is 79.2 cm³/mol. The highest BCUT2D eigenvalue weighted by atomic mass is 79.9. The van der Waals surface area contributed by atoms with E-state index in [4.69, 9.17) is 0 Å². The van der Waals surface area contributed by atoms with E-state index in [0.717, 1.165) is 16.6 Å². The minimum atomic E-state index is -0.587. The highest BCUT2D eigenvalue weighted by Crippen LogP contribution is 2.37. The molecule has 4 rings (SSSR count). The molecular formula is C15H13BrFN3O. The maximum atomic E-state index is 13.2. The zero-order valence-electron chi connectivity index (χ0n) is 11.1. The largest absolute Gasteiger partial charge is 0.338 e. The fourth-order valence-electron chi connectivity index (χ4n) is 3.32. The summed E-state index contributed by atoms with van der Waals surface area (Å²) >= 11 is 3.42. The number of fused-ring (bicyclic) bond motifs is 2. The van der Waals surface area contributed by atoms with Gasteiger partial charge in [-0.05, 0) is 39.7 Å². The third-order valence-electron chi connectivity index (χ3n) is 4.26. The van der Waals surface area contributed by atoms with Gasteiger partial charge in [0.05, 0.1) is 6.54 Å². The van der Waals surface area contributed by atoms with Crippen LogP contribution in [0.25, 0.3) is 0 Å². The van der Waals surface area contributed by atoms with E-state index >= 15 is 0 Å². The summed E-state index contributed by atoms with van der Waals surface area (Å²) < 4.78 is 16.0. The van der Waals surface area contributed by atoms with Crippen LogP contribution in [-0.4, -0.2) is 28.5 Å². The first-order valence-corrected chi connectivity index (χ1v) is 7.58. The summed E-state index contributed by atoms with van der Waals surface area (Å²) in [6.07, 6.45) is 1.91. The smallest absolute Gasteiger partial charge is 0.272 e. The molecule has 0 spiro atoms. The number of hydrogen-bond acceptors (Lipinski definition) is 2. The second-order valence-corrected chi connectivity index (χ2v) is 6.34. The Morgan fingerprint density at radius 1 is 1.29 bits per heavy atom. The summed E-state index contributed by atoms with van der Waals surface area (Å²) in [5.74, 6) is -0.271. The van der Waals surface area contributed by atoms with Gasteiger partial charge < -0.3 is 9.47 Å². The number of carbonyl (C=O) groups is 1. The molecular weight excluding hydrogens is 337 g/mol. The Balaban J connectivity index is 1.87. The van der Waals surface area contributed by atoms with Crippen molar-refractivity contribution in [1.82, 2.24) is 14.8 Å². The molecule has 0 aliphatic carbocycles. The molecule has 2 aliphatic heterocycles. The number of nitrogens with one attached hydrogen (secondary N) is 1. The van der Waals surface area contributed by atoms with Crippen molar-refractivity contribution >= 4 is 21.8 Å². The molecule has 0 saturated carbocycles. The lowest BCUT2D eigenvalue weighted by molar-refractivity contribution is 0.0398. The van der Waals surface area contributed by atoms with Crippen molar-refractivity contribution < 1.29 is 9.18 Å². The van der Waals surface area contributed by atoms with Crippen molar-refractivity contribution in [3.05, 3.63) is 58.1 Å². The number of amides is 1. The van der Waals surface area contributed by atoms with Gasteiger partial charge in [-0.1, -0.05) is 12.1 Å². The molecule has 4 nitrogen and oxygen atoms in total. The van der Waals surface area contributed by atoms with E-state index in [-0.39, 0.29) is 11.7 Å². The molecule has 1 aromatic carbocycles. The normalized spacial score (nSPS) is 24.1. The van der Waals surface area contributed by atoms with E-state index in [2.05, 4.69) is 21.2 Å². The Bertz CT molecular complexity index is 727.